The van der Waals surface area contributed by atoms with E-state index in [0.717, 1.165) is 0 Å². The molecule has 3 aromatic carbocycles. The number of benzene rings is 3. The number of hydrogen-bond donors (Lipinski definition) is 1. The van der Waals surface area contributed by atoms with Gasteiger partial charge in [-0.05, 0) is 48.5 Å². The molecule has 0 saturated carbocycles. The van der Waals surface area contributed by atoms with E-state index in [9.17, 15) is 14.0 Å². The zero-order valence-electron chi connectivity index (χ0n) is 15.9. The van der Waals surface area contributed by atoms with Crippen LogP contribution in [0.5, 0.6) is 17.2 Å². The van der Waals surface area contributed by atoms with Crippen molar-refractivity contribution < 1.29 is 23.1 Å². The SMILES string of the molecule is O=C(COc1ccc2c(=O)c(Oc3ccccc3Cl)coc2c1)Nc1ccc(F)cc1. The van der Waals surface area contributed by atoms with Crippen LogP contribution in [0.2, 0.25) is 5.02 Å². The summed E-state index contributed by atoms with van der Waals surface area (Å²) in [5.74, 6) is -0.149. The zero-order valence-corrected chi connectivity index (χ0v) is 16.7. The summed E-state index contributed by atoms with van der Waals surface area (Å²) in [6.45, 7) is -0.277. The first kappa shape index (κ1) is 20.4. The lowest BCUT2D eigenvalue weighted by Gasteiger charge is -2.09. The van der Waals surface area contributed by atoms with Gasteiger partial charge in [-0.1, -0.05) is 23.7 Å². The summed E-state index contributed by atoms with van der Waals surface area (Å²) in [4.78, 5) is 24.7. The van der Waals surface area contributed by atoms with Gasteiger partial charge in [-0.2, -0.15) is 0 Å². The Hall–Kier alpha value is -3.84. The lowest BCUT2D eigenvalue weighted by Crippen LogP contribution is -2.20. The molecule has 1 aromatic heterocycles. The molecule has 0 fully saturated rings. The third-order valence-electron chi connectivity index (χ3n) is 4.27. The summed E-state index contributed by atoms with van der Waals surface area (Å²) in [6.07, 6.45) is 1.19. The smallest absolute Gasteiger partial charge is 0.262 e. The molecule has 4 aromatic rings. The largest absolute Gasteiger partial charge is 0.484 e. The van der Waals surface area contributed by atoms with Crippen LogP contribution >= 0.6 is 11.6 Å². The average Bonchev–Trinajstić information content (AvgIpc) is 2.77. The number of anilines is 1. The number of carbonyl (C=O) groups is 1. The Balaban J connectivity index is 1.46. The minimum absolute atomic E-state index is 0.00653. The van der Waals surface area contributed by atoms with Gasteiger partial charge in [0.1, 0.15) is 29.2 Å². The fraction of sp³-hybridized carbons (Fsp3) is 0.0435. The van der Waals surface area contributed by atoms with Gasteiger partial charge in [0.15, 0.2) is 6.61 Å². The molecule has 8 heteroatoms. The van der Waals surface area contributed by atoms with Gasteiger partial charge in [-0.15, -0.1) is 0 Å². The van der Waals surface area contributed by atoms with Crippen molar-refractivity contribution in [2.24, 2.45) is 0 Å². The zero-order chi connectivity index (χ0) is 21.8. The first-order chi connectivity index (χ1) is 15.0. The first-order valence-corrected chi connectivity index (χ1v) is 9.53. The fourth-order valence-corrected chi connectivity index (χ4v) is 2.95. The molecule has 0 aliphatic heterocycles. The van der Waals surface area contributed by atoms with E-state index in [1.807, 2.05) is 0 Å². The molecule has 0 atom stereocenters. The Kier molecular flexibility index (Phi) is 5.86. The molecule has 6 nitrogen and oxygen atoms in total. The molecule has 0 unspecified atom stereocenters. The van der Waals surface area contributed by atoms with Crippen LogP contribution in [0.15, 0.2) is 82.2 Å². The number of carbonyl (C=O) groups excluding carboxylic acids is 1. The molecule has 0 aliphatic rings. The van der Waals surface area contributed by atoms with Gasteiger partial charge in [-0.3, -0.25) is 9.59 Å². The van der Waals surface area contributed by atoms with E-state index in [1.54, 1.807) is 30.3 Å². The first-order valence-electron chi connectivity index (χ1n) is 9.16. The average molecular weight is 440 g/mol. The predicted molar refractivity (Wildman–Crippen MR) is 115 cm³/mol. The molecule has 4 rings (SSSR count). The number of fused-ring (bicyclic) bond motifs is 1. The number of ether oxygens (including phenoxy) is 2. The highest BCUT2D eigenvalue weighted by Gasteiger charge is 2.12. The van der Waals surface area contributed by atoms with E-state index in [4.69, 9.17) is 25.5 Å². The van der Waals surface area contributed by atoms with Gasteiger partial charge >= 0.3 is 0 Å². The molecular formula is C23H15ClFNO5. The van der Waals surface area contributed by atoms with E-state index in [0.29, 0.717) is 22.2 Å². The van der Waals surface area contributed by atoms with Crippen LogP contribution in [0.3, 0.4) is 0 Å². The third kappa shape index (κ3) is 4.84. The molecular weight excluding hydrogens is 425 g/mol. The quantitative estimate of drug-likeness (QED) is 0.435. The van der Waals surface area contributed by atoms with E-state index in [2.05, 4.69) is 5.32 Å². The Morgan fingerprint density at radius 1 is 1.03 bits per heavy atom. The van der Waals surface area contributed by atoms with Crippen LogP contribution in [-0.4, -0.2) is 12.5 Å². The van der Waals surface area contributed by atoms with Crippen LogP contribution in [0.4, 0.5) is 10.1 Å². The Morgan fingerprint density at radius 3 is 2.58 bits per heavy atom. The Morgan fingerprint density at radius 2 is 1.81 bits per heavy atom. The number of amides is 1. The maximum atomic E-state index is 12.9. The molecule has 0 saturated heterocycles. The standard InChI is InChI=1S/C23H15ClFNO5/c24-18-3-1-2-4-19(18)31-21-12-30-20-11-16(9-10-17(20)23(21)28)29-13-22(27)26-15-7-5-14(25)6-8-15/h1-12H,13H2,(H,26,27). The normalized spacial score (nSPS) is 10.6. The van der Waals surface area contributed by atoms with E-state index < -0.39 is 11.7 Å². The summed E-state index contributed by atoms with van der Waals surface area (Å²) in [6, 6.07) is 16.7. The van der Waals surface area contributed by atoms with Gasteiger partial charge in [0.2, 0.25) is 11.2 Å². The van der Waals surface area contributed by atoms with E-state index in [-0.39, 0.29) is 28.8 Å². The van der Waals surface area contributed by atoms with Gasteiger partial charge in [0.25, 0.3) is 5.91 Å². The maximum Gasteiger partial charge on any atom is 0.262 e. The van der Waals surface area contributed by atoms with Crippen molar-refractivity contribution in [2.75, 3.05) is 11.9 Å². The number of hydrogen-bond acceptors (Lipinski definition) is 5. The lowest BCUT2D eigenvalue weighted by atomic mass is 10.2. The summed E-state index contributed by atoms with van der Waals surface area (Å²) in [5.41, 5.74) is 0.347. The molecule has 0 radical (unpaired) electrons. The summed E-state index contributed by atoms with van der Waals surface area (Å²) >= 11 is 6.06. The van der Waals surface area contributed by atoms with Gasteiger partial charge < -0.3 is 19.2 Å². The highest BCUT2D eigenvalue weighted by atomic mass is 35.5. The maximum absolute atomic E-state index is 12.9. The lowest BCUT2D eigenvalue weighted by molar-refractivity contribution is -0.118. The van der Waals surface area contributed by atoms with E-state index in [1.165, 1.54) is 42.7 Å². The number of rotatable bonds is 6. The molecule has 1 amide bonds. The second-order valence-corrected chi connectivity index (χ2v) is 6.87. The van der Waals surface area contributed by atoms with E-state index >= 15 is 0 Å². The summed E-state index contributed by atoms with van der Waals surface area (Å²) in [7, 11) is 0. The minimum atomic E-state index is -0.420. The Bertz CT molecular complexity index is 1300. The highest BCUT2D eigenvalue weighted by Crippen LogP contribution is 2.29. The number of halogens is 2. The van der Waals surface area contributed by atoms with Gasteiger partial charge in [0.05, 0.1) is 10.4 Å². The van der Waals surface area contributed by atoms with Crippen molar-refractivity contribution >= 4 is 34.2 Å². The van der Waals surface area contributed by atoms with Crippen LogP contribution in [0, 0.1) is 5.82 Å². The molecule has 0 bridgehead atoms. The third-order valence-corrected chi connectivity index (χ3v) is 4.58. The van der Waals surface area contributed by atoms with Crippen molar-refractivity contribution in [3.05, 3.63) is 94.1 Å². The van der Waals surface area contributed by atoms with Gasteiger partial charge in [0, 0.05) is 11.8 Å². The molecule has 0 aliphatic carbocycles. The van der Waals surface area contributed by atoms with Crippen molar-refractivity contribution in [2.45, 2.75) is 0 Å². The highest BCUT2D eigenvalue weighted by molar-refractivity contribution is 6.32. The van der Waals surface area contributed by atoms with Crippen LogP contribution in [-0.2, 0) is 4.79 Å². The van der Waals surface area contributed by atoms with Crippen LogP contribution < -0.4 is 20.2 Å². The van der Waals surface area contributed by atoms with Crippen molar-refractivity contribution in [1.82, 2.24) is 0 Å². The monoisotopic (exact) mass is 439 g/mol. The predicted octanol–water partition coefficient (Wildman–Crippen LogP) is 5.40. The molecule has 156 valence electrons. The topological polar surface area (TPSA) is 77.8 Å². The second kappa shape index (κ2) is 8.89. The van der Waals surface area contributed by atoms with Crippen LogP contribution in [0.25, 0.3) is 11.0 Å². The number of nitrogens with one attached hydrogen (secondary N) is 1. The Labute approximate surface area is 180 Å². The molecule has 1 heterocycles. The second-order valence-electron chi connectivity index (χ2n) is 6.46. The summed E-state index contributed by atoms with van der Waals surface area (Å²) < 4.78 is 29.5. The molecule has 31 heavy (non-hydrogen) atoms. The van der Waals surface area contributed by atoms with Crippen molar-refractivity contribution in [3.8, 4) is 17.2 Å². The van der Waals surface area contributed by atoms with Gasteiger partial charge in [-0.25, -0.2) is 4.39 Å². The van der Waals surface area contributed by atoms with Crippen molar-refractivity contribution in [1.29, 1.82) is 0 Å². The van der Waals surface area contributed by atoms with Crippen molar-refractivity contribution in [3.63, 3.8) is 0 Å². The molecule has 0 spiro atoms. The molecule has 1 N–H and O–H groups in total. The summed E-state index contributed by atoms with van der Waals surface area (Å²) in [5, 5.41) is 3.24. The van der Waals surface area contributed by atoms with Crippen LogP contribution in [0.1, 0.15) is 0 Å². The fourth-order valence-electron chi connectivity index (χ4n) is 2.78. The number of para-hydroxylation sites is 1. The minimum Gasteiger partial charge on any atom is -0.484 e.